The van der Waals surface area contributed by atoms with E-state index in [1.165, 1.54) is 0 Å². The minimum absolute atomic E-state index is 0.0354. The van der Waals surface area contributed by atoms with E-state index < -0.39 is 7.14 Å². The molecule has 18 heavy (non-hydrogen) atoms. The first-order valence-corrected chi connectivity index (χ1v) is 8.89. The van der Waals surface area contributed by atoms with Crippen LogP contribution in [0.25, 0.3) is 0 Å². The van der Waals surface area contributed by atoms with Gasteiger partial charge in [0, 0.05) is 25.5 Å². The maximum absolute atomic E-state index is 12.4. The Morgan fingerprint density at radius 3 is 1.67 bits per heavy atom. The minimum atomic E-state index is -2.08. The number of hydrogen-bond acceptors (Lipinski definition) is 5. The van der Waals surface area contributed by atoms with E-state index in [4.69, 9.17) is 19.7 Å². The molecule has 0 saturated carbocycles. The van der Waals surface area contributed by atoms with Crippen LogP contribution < -0.4 is 0 Å². The molecule has 6 heteroatoms. The number of aliphatic hydroxyl groups is 2. The fourth-order valence-corrected chi connectivity index (χ4v) is 3.94. The van der Waals surface area contributed by atoms with Gasteiger partial charge in [0.15, 0.2) is 0 Å². The maximum Gasteiger partial charge on any atom is 0.0876 e. The lowest BCUT2D eigenvalue weighted by Crippen LogP contribution is -2.07. The summed E-state index contributed by atoms with van der Waals surface area (Å²) in [6.45, 7) is 3.86. The van der Waals surface area contributed by atoms with E-state index in [0.717, 1.165) is 12.8 Å². The molecule has 110 valence electrons. The van der Waals surface area contributed by atoms with Crippen LogP contribution in [0.4, 0.5) is 0 Å². The van der Waals surface area contributed by atoms with E-state index in [-0.39, 0.29) is 13.2 Å². The lowest BCUT2D eigenvalue weighted by molar-refractivity contribution is 0.0923. The topological polar surface area (TPSA) is 76.0 Å². The second kappa shape index (κ2) is 12.1. The Labute approximate surface area is 110 Å². The van der Waals surface area contributed by atoms with Gasteiger partial charge in [0.1, 0.15) is 0 Å². The van der Waals surface area contributed by atoms with Crippen LogP contribution in [0.5, 0.6) is 0 Å². The number of hydrogen-bond donors (Lipinski definition) is 2. The SMILES string of the molecule is CCP(=O)(CCCOCCO)CCCOCCO. The molecule has 0 aliphatic rings. The molecule has 0 unspecified atom stereocenters. The lowest BCUT2D eigenvalue weighted by atomic mass is 10.5. The van der Waals surface area contributed by atoms with Crippen LogP contribution in [0.1, 0.15) is 19.8 Å². The first-order chi connectivity index (χ1) is 8.68. The van der Waals surface area contributed by atoms with Crippen molar-refractivity contribution in [2.45, 2.75) is 19.8 Å². The maximum atomic E-state index is 12.4. The molecule has 0 radical (unpaired) electrons. The van der Waals surface area contributed by atoms with Gasteiger partial charge in [-0.05, 0) is 19.0 Å². The smallest absolute Gasteiger partial charge is 0.0876 e. The van der Waals surface area contributed by atoms with E-state index in [1.807, 2.05) is 6.92 Å². The van der Waals surface area contributed by atoms with Crippen molar-refractivity contribution in [2.75, 3.05) is 58.1 Å². The molecular weight excluding hydrogens is 255 g/mol. The van der Waals surface area contributed by atoms with Crippen molar-refractivity contribution >= 4 is 7.14 Å². The Morgan fingerprint density at radius 1 is 0.889 bits per heavy atom. The first-order valence-electron chi connectivity index (χ1n) is 6.63. The van der Waals surface area contributed by atoms with Gasteiger partial charge in [-0.2, -0.15) is 0 Å². The zero-order chi connectivity index (χ0) is 13.7. The normalized spacial score (nSPS) is 11.9. The van der Waals surface area contributed by atoms with Gasteiger partial charge in [-0.25, -0.2) is 0 Å². The van der Waals surface area contributed by atoms with Gasteiger partial charge in [-0.1, -0.05) is 6.92 Å². The predicted octanol–water partition coefficient (Wildman–Crippen LogP) is 1.17. The van der Waals surface area contributed by atoms with Crippen molar-refractivity contribution in [2.24, 2.45) is 0 Å². The number of aliphatic hydroxyl groups excluding tert-OH is 2. The highest BCUT2D eigenvalue weighted by molar-refractivity contribution is 7.63. The van der Waals surface area contributed by atoms with Gasteiger partial charge in [0.25, 0.3) is 0 Å². The third-order valence-corrected chi connectivity index (χ3v) is 6.17. The summed E-state index contributed by atoms with van der Waals surface area (Å²) in [6, 6.07) is 0. The molecule has 0 spiro atoms. The Balaban J connectivity index is 3.64. The molecule has 0 aliphatic heterocycles. The summed E-state index contributed by atoms with van der Waals surface area (Å²) in [4.78, 5) is 0. The molecule has 0 saturated heterocycles. The van der Waals surface area contributed by atoms with E-state index in [0.29, 0.717) is 44.9 Å². The molecule has 0 bridgehead atoms. The van der Waals surface area contributed by atoms with Crippen molar-refractivity contribution in [3.05, 3.63) is 0 Å². The summed E-state index contributed by atoms with van der Waals surface area (Å²) in [7, 11) is -2.08. The Hall–Kier alpha value is 0.0700. The van der Waals surface area contributed by atoms with Gasteiger partial charge >= 0.3 is 0 Å². The summed E-state index contributed by atoms with van der Waals surface area (Å²) in [5.41, 5.74) is 0. The zero-order valence-corrected chi connectivity index (χ0v) is 12.2. The molecule has 0 heterocycles. The van der Waals surface area contributed by atoms with Crippen LogP contribution in [0, 0.1) is 0 Å². The van der Waals surface area contributed by atoms with Gasteiger partial charge in [0.05, 0.1) is 33.6 Å². The Kier molecular flexibility index (Phi) is 12.2. The number of ether oxygens (including phenoxy) is 2. The Bertz CT molecular complexity index is 205. The fraction of sp³-hybridized carbons (Fsp3) is 1.00. The second-order valence-electron chi connectivity index (χ2n) is 4.20. The summed E-state index contributed by atoms with van der Waals surface area (Å²) in [5.74, 6) is 0. The van der Waals surface area contributed by atoms with E-state index in [1.54, 1.807) is 0 Å². The third kappa shape index (κ3) is 10.0. The highest BCUT2D eigenvalue weighted by atomic mass is 31.2. The molecule has 0 aromatic carbocycles. The van der Waals surface area contributed by atoms with Gasteiger partial charge in [-0.3, -0.25) is 0 Å². The fourth-order valence-electron chi connectivity index (χ4n) is 1.67. The molecule has 0 atom stereocenters. The standard InChI is InChI=1S/C12H27O5P/c1-2-18(15,11-3-7-16-9-5-13)12-4-8-17-10-6-14/h13-14H,2-12H2,1H3. The molecular formula is C12H27O5P. The van der Waals surface area contributed by atoms with Crippen LogP contribution in [0.15, 0.2) is 0 Å². The highest BCUT2D eigenvalue weighted by Crippen LogP contribution is 2.46. The highest BCUT2D eigenvalue weighted by Gasteiger charge is 2.18. The van der Waals surface area contributed by atoms with Crippen LogP contribution in [0.2, 0.25) is 0 Å². The zero-order valence-electron chi connectivity index (χ0n) is 11.3. The number of rotatable bonds is 13. The molecule has 0 aromatic rings. The predicted molar refractivity (Wildman–Crippen MR) is 72.9 cm³/mol. The second-order valence-corrected chi connectivity index (χ2v) is 7.84. The van der Waals surface area contributed by atoms with Gasteiger partial charge in [-0.15, -0.1) is 0 Å². The summed E-state index contributed by atoms with van der Waals surface area (Å²) >= 11 is 0. The summed E-state index contributed by atoms with van der Waals surface area (Å²) in [6.07, 6.45) is 3.68. The van der Waals surface area contributed by atoms with Crippen molar-refractivity contribution in [1.82, 2.24) is 0 Å². The van der Waals surface area contributed by atoms with E-state index in [9.17, 15) is 4.57 Å². The van der Waals surface area contributed by atoms with Gasteiger partial charge in [0.2, 0.25) is 0 Å². The van der Waals surface area contributed by atoms with Crippen molar-refractivity contribution in [3.8, 4) is 0 Å². The molecule has 0 aliphatic carbocycles. The van der Waals surface area contributed by atoms with Gasteiger partial charge < -0.3 is 24.3 Å². The molecule has 0 amide bonds. The van der Waals surface area contributed by atoms with Crippen molar-refractivity contribution < 1.29 is 24.3 Å². The first kappa shape index (κ1) is 18.1. The summed E-state index contributed by atoms with van der Waals surface area (Å²) in [5, 5.41) is 17.1. The quantitative estimate of drug-likeness (QED) is 0.392. The third-order valence-electron chi connectivity index (χ3n) is 2.76. The minimum Gasteiger partial charge on any atom is -0.394 e. The average molecular weight is 282 g/mol. The van der Waals surface area contributed by atoms with Crippen LogP contribution in [-0.4, -0.2) is 68.3 Å². The molecule has 0 fully saturated rings. The summed E-state index contributed by atoms with van der Waals surface area (Å²) < 4.78 is 22.8. The van der Waals surface area contributed by atoms with E-state index >= 15 is 0 Å². The molecule has 0 rings (SSSR count). The monoisotopic (exact) mass is 282 g/mol. The Morgan fingerprint density at radius 2 is 1.33 bits per heavy atom. The average Bonchev–Trinajstić information content (AvgIpc) is 2.38. The largest absolute Gasteiger partial charge is 0.394 e. The lowest BCUT2D eigenvalue weighted by Gasteiger charge is -2.16. The van der Waals surface area contributed by atoms with Crippen LogP contribution >= 0.6 is 7.14 Å². The van der Waals surface area contributed by atoms with Crippen LogP contribution in [0.3, 0.4) is 0 Å². The van der Waals surface area contributed by atoms with Crippen LogP contribution in [-0.2, 0) is 14.0 Å². The molecule has 0 aromatic heterocycles. The van der Waals surface area contributed by atoms with E-state index in [2.05, 4.69) is 0 Å². The molecule has 5 nitrogen and oxygen atoms in total. The van der Waals surface area contributed by atoms with Crippen molar-refractivity contribution in [1.29, 1.82) is 0 Å². The van der Waals surface area contributed by atoms with Crippen molar-refractivity contribution in [3.63, 3.8) is 0 Å². The molecule has 2 N–H and O–H groups in total.